The minimum absolute atomic E-state index is 0.122. The molecule has 7 heteroatoms. The molecule has 1 amide bonds. The molecular formula is C18H17F4NO2. The largest absolute Gasteiger partial charge is 0.492 e. The first-order chi connectivity index (χ1) is 11.9. The lowest BCUT2D eigenvalue weighted by Crippen LogP contribution is -2.28. The number of hydrogen-bond acceptors (Lipinski definition) is 2. The maximum absolute atomic E-state index is 13.4. The third-order valence-electron chi connectivity index (χ3n) is 3.45. The Morgan fingerprint density at radius 3 is 2.36 bits per heavy atom. The van der Waals surface area contributed by atoms with E-state index in [1.165, 1.54) is 18.2 Å². The maximum Gasteiger partial charge on any atom is 0.416 e. The number of halogens is 4. The SMILES string of the molecule is O=C(CCc1ccccc1F)NCCOc1ccc(C(F)(F)F)cc1. The standard InChI is InChI=1S/C18H17F4NO2/c19-16-4-2-1-3-13(16)5-10-17(24)23-11-12-25-15-8-6-14(7-9-15)18(20,21)22/h1-4,6-9H,5,10-12H2,(H,23,24). The smallest absolute Gasteiger partial charge is 0.416 e. The van der Waals surface area contributed by atoms with Crippen molar-refractivity contribution in [2.45, 2.75) is 19.0 Å². The zero-order valence-corrected chi connectivity index (χ0v) is 13.3. The van der Waals surface area contributed by atoms with Crippen molar-refractivity contribution in [1.82, 2.24) is 5.32 Å². The van der Waals surface area contributed by atoms with E-state index in [2.05, 4.69) is 5.32 Å². The number of alkyl halides is 3. The van der Waals surface area contributed by atoms with Crippen LogP contribution in [-0.2, 0) is 17.4 Å². The molecule has 0 aliphatic rings. The Labute approximate surface area is 142 Å². The zero-order valence-electron chi connectivity index (χ0n) is 13.3. The van der Waals surface area contributed by atoms with Gasteiger partial charge in [-0.15, -0.1) is 0 Å². The first kappa shape index (κ1) is 18.8. The molecule has 0 saturated carbocycles. The van der Waals surface area contributed by atoms with E-state index in [-0.39, 0.29) is 43.5 Å². The van der Waals surface area contributed by atoms with Gasteiger partial charge in [-0.25, -0.2) is 4.39 Å². The lowest BCUT2D eigenvalue weighted by Gasteiger charge is -2.10. The van der Waals surface area contributed by atoms with Crippen LogP contribution in [0.2, 0.25) is 0 Å². The Bertz CT molecular complexity index is 699. The average Bonchev–Trinajstić information content (AvgIpc) is 2.57. The number of carbonyl (C=O) groups excluding carboxylic acids is 1. The summed E-state index contributed by atoms with van der Waals surface area (Å²) in [5, 5.41) is 2.61. The number of rotatable bonds is 7. The normalized spacial score (nSPS) is 11.2. The van der Waals surface area contributed by atoms with Crippen molar-refractivity contribution >= 4 is 5.91 Å². The summed E-state index contributed by atoms with van der Waals surface area (Å²) in [7, 11) is 0. The third kappa shape index (κ3) is 6.10. The summed E-state index contributed by atoms with van der Waals surface area (Å²) < 4.78 is 55.9. The molecule has 2 aromatic rings. The lowest BCUT2D eigenvalue weighted by atomic mass is 10.1. The van der Waals surface area contributed by atoms with Gasteiger partial charge < -0.3 is 10.1 Å². The van der Waals surface area contributed by atoms with E-state index in [9.17, 15) is 22.4 Å². The number of benzene rings is 2. The van der Waals surface area contributed by atoms with E-state index in [0.29, 0.717) is 5.56 Å². The summed E-state index contributed by atoms with van der Waals surface area (Å²) >= 11 is 0. The predicted octanol–water partition coefficient (Wildman–Crippen LogP) is 3.97. The third-order valence-corrected chi connectivity index (χ3v) is 3.45. The van der Waals surface area contributed by atoms with E-state index in [4.69, 9.17) is 4.74 Å². The summed E-state index contributed by atoms with van der Waals surface area (Å²) in [6.07, 6.45) is -3.95. The quantitative estimate of drug-likeness (QED) is 0.603. The zero-order chi connectivity index (χ0) is 18.3. The van der Waals surface area contributed by atoms with Crippen LogP contribution in [0.5, 0.6) is 5.75 Å². The van der Waals surface area contributed by atoms with Gasteiger partial charge in [-0.2, -0.15) is 13.2 Å². The highest BCUT2D eigenvalue weighted by Crippen LogP contribution is 2.30. The Balaban J connectivity index is 1.67. The molecule has 0 fully saturated rings. The second-order valence-electron chi connectivity index (χ2n) is 5.31. The van der Waals surface area contributed by atoms with E-state index >= 15 is 0 Å². The molecular weight excluding hydrogens is 338 g/mol. The van der Waals surface area contributed by atoms with Crippen LogP contribution in [0, 0.1) is 5.82 Å². The van der Waals surface area contributed by atoms with Crippen LogP contribution >= 0.6 is 0 Å². The molecule has 25 heavy (non-hydrogen) atoms. The van der Waals surface area contributed by atoms with Gasteiger partial charge in [-0.3, -0.25) is 4.79 Å². The van der Waals surface area contributed by atoms with Gasteiger partial charge in [0, 0.05) is 6.42 Å². The molecule has 0 saturated heterocycles. The van der Waals surface area contributed by atoms with Gasteiger partial charge >= 0.3 is 6.18 Å². The molecule has 2 aromatic carbocycles. The van der Waals surface area contributed by atoms with E-state index in [1.807, 2.05) is 0 Å². The van der Waals surface area contributed by atoms with Crippen molar-refractivity contribution in [3.05, 3.63) is 65.5 Å². The fourth-order valence-corrected chi connectivity index (χ4v) is 2.14. The molecule has 1 N–H and O–H groups in total. The number of amides is 1. The molecule has 2 rings (SSSR count). The van der Waals surface area contributed by atoms with Crippen LogP contribution in [0.15, 0.2) is 48.5 Å². The van der Waals surface area contributed by atoms with Crippen LogP contribution in [0.1, 0.15) is 17.5 Å². The minimum Gasteiger partial charge on any atom is -0.492 e. The first-order valence-corrected chi connectivity index (χ1v) is 7.66. The summed E-state index contributed by atoms with van der Waals surface area (Å²) in [5.74, 6) is -0.311. The topological polar surface area (TPSA) is 38.3 Å². The molecule has 0 aromatic heterocycles. The molecule has 0 aliphatic heterocycles. The molecule has 0 bridgehead atoms. The number of aryl methyl sites for hydroxylation is 1. The van der Waals surface area contributed by atoms with Gasteiger partial charge in [0.15, 0.2) is 0 Å². The van der Waals surface area contributed by atoms with Gasteiger partial charge in [0.2, 0.25) is 5.91 Å². The number of hydrogen-bond donors (Lipinski definition) is 1. The van der Waals surface area contributed by atoms with Crippen molar-refractivity contribution in [3.8, 4) is 5.75 Å². The lowest BCUT2D eigenvalue weighted by molar-refractivity contribution is -0.137. The Morgan fingerprint density at radius 1 is 1.04 bits per heavy atom. The highest BCUT2D eigenvalue weighted by atomic mass is 19.4. The molecule has 0 aliphatic carbocycles. The van der Waals surface area contributed by atoms with Crippen molar-refractivity contribution in [2.24, 2.45) is 0 Å². The van der Waals surface area contributed by atoms with Crippen LogP contribution in [-0.4, -0.2) is 19.1 Å². The number of nitrogens with one attached hydrogen (secondary N) is 1. The number of carbonyl (C=O) groups is 1. The minimum atomic E-state index is -4.38. The fourth-order valence-electron chi connectivity index (χ4n) is 2.14. The van der Waals surface area contributed by atoms with Crippen LogP contribution in [0.25, 0.3) is 0 Å². The maximum atomic E-state index is 13.4. The molecule has 134 valence electrons. The Morgan fingerprint density at radius 2 is 1.72 bits per heavy atom. The second-order valence-corrected chi connectivity index (χ2v) is 5.31. The van der Waals surface area contributed by atoms with Gasteiger partial charge in [0.05, 0.1) is 12.1 Å². The highest BCUT2D eigenvalue weighted by Gasteiger charge is 2.29. The van der Waals surface area contributed by atoms with Crippen LogP contribution in [0.4, 0.5) is 17.6 Å². The molecule has 0 unspecified atom stereocenters. The van der Waals surface area contributed by atoms with Gasteiger partial charge in [-0.05, 0) is 42.3 Å². The van der Waals surface area contributed by atoms with E-state index in [1.54, 1.807) is 18.2 Å². The Kier molecular flexibility index (Phi) is 6.38. The van der Waals surface area contributed by atoms with E-state index < -0.39 is 11.7 Å². The number of ether oxygens (including phenoxy) is 1. The van der Waals surface area contributed by atoms with Crippen LogP contribution < -0.4 is 10.1 Å². The second kappa shape index (κ2) is 8.50. The average molecular weight is 355 g/mol. The van der Waals surface area contributed by atoms with Crippen molar-refractivity contribution < 1.29 is 27.1 Å². The van der Waals surface area contributed by atoms with E-state index in [0.717, 1.165) is 12.1 Å². The van der Waals surface area contributed by atoms with Gasteiger partial charge in [0.25, 0.3) is 0 Å². The molecule has 0 heterocycles. The predicted molar refractivity (Wildman–Crippen MR) is 84.7 cm³/mol. The van der Waals surface area contributed by atoms with Gasteiger partial charge in [-0.1, -0.05) is 18.2 Å². The first-order valence-electron chi connectivity index (χ1n) is 7.66. The highest BCUT2D eigenvalue weighted by molar-refractivity contribution is 5.76. The monoisotopic (exact) mass is 355 g/mol. The van der Waals surface area contributed by atoms with Crippen molar-refractivity contribution in [1.29, 1.82) is 0 Å². The summed E-state index contributed by atoms with van der Waals surface area (Å²) in [6, 6.07) is 10.6. The van der Waals surface area contributed by atoms with Crippen molar-refractivity contribution in [3.63, 3.8) is 0 Å². The summed E-state index contributed by atoms with van der Waals surface area (Å²) in [6.45, 7) is 0.327. The van der Waals surface area contributed by atoms with Crippen LogP contribution in [0.3, 0.4) is 0 Å². The summed E-state index contributed by atoms with van der Waals surface area (Å²) in [5.41, 5.74) is -0.278. The van der Waals surface area contributed by atoms with Crippen molar-refractivity contribution in [2.75, 3.05) is 13.2 Å². The molecule has 0 spiro atoms. The van der Waals surface area contributed by atoms with Gasteiger partial charge in [0.1, 0.15) is 18.2 Å². The molecule has 3 nitrogen and oxygen atoms in total. The fraction of sp³-hybridized carbons (Fsp3) is 0.278. The Hall–Kier alpha value is -2.57. The molecule has 0 radical (unpaired) electrons. The molecule has 0 atom stereocenters. The summed E-state index contributed by atoms with van der Waals surface area (Å²) in [4.78, 5) is 11.7.